The van der Waals surface area contributed by atoms with Crippen LogP contribution >= 0.6 is 0 Å². The standard InChI is InChI=1S/C10H17NO2/c1-3-5-6-10(12)11-7-9-13-8-4-2/h1H,4-9H2,2H3,(H,11,12). The molecule has 0 saturated carbocycles. The fourth-order valence-corrected chi connectivity index (χ4v) is 0.783. The van der Waals surface area contributed by atoms with Crippen LogP contribution < -0.4 is 5.32 Å². The first-order valence-corrected chi connectivity index (χ1v) is 4.59. The van der Waals surface area contributed by atoms with Crippen molar-refractivity contribution in [1.82, 2.24) is 5.32 Å². The molecule has 13 heavy (non-hydrogen) atoms. The lowest BCUT2D eigenvalue weighted by molar-refractivity contribution is -0.121. The Kier molecular flexibility index (Phi) is 8.38. The zero-order chi connectivity index (χ0) is 9.94. The number of carbonyl (C=O) groups is 1. The minimum Gasteiger partial charge on any atom is -0.380 e. The molecule has 3 heteroatoms. The van der Waals surface area contributed by atoms with Crippen molar-refractivity contribution in [3.8, 4) is 12.3 Å². The lowest BCUT2D eigenvalue weighted by Gasteiger charge is -2.04. The Bertz CT molecular complexity index is 172. The van der Waals surface area contributed by atoms with E-state index in [0.717, 1.165) is 13.0 Å². The van der Waals surface area contributed by atoms with Gasteiger partial charge in [-0.05, 0) is 6.42 Å². The zero-order valence-corrected chi connectivity index (χ0v) is 8.14. The monoisotopic (exact) mass is 183 g/mol. The summed E-state index contributed by atoms with van der Waals surface area (Å²) >= 11 is 0. The third-order valence-electron chi connectivity index (χ3n) is 1.41. The Balaban J connectivity index is 3.13. The van der Waals surface area contributed by atoms with Crippen LogP contribution in [0.3, 0.4) is 0 Å². The molecule has 0 aliphatic rings. The van der Waals surface area contributed by atoms with Gasteiger partial charge in [-0.15, -0.1) is 12.3 Å². The Hall–Kier alpha value is -1.01. The smallest absolute Gasteiger partial charge is 0.221 e. The summed E-state index contributed by atoms with van der Waals surface area (Å²) in [5.41, 5.74) is 0. The molecule has 0 aliphatic carbocycles. The molecule has 0 heterocycles. The lowest BCUT2D eigenvalue weighted by atomic mass is 10.3. The molecule has 0 spiro atoms. The van der Waals surface area contributed by atoms with Crippen LogP contribution in [0.5, 0.6) is 0 Å². The number of terminal acetylenes is 1. The average Bonchev–Trinajstić information content (AvgIpc) is 2.14. The molecule has 0 aromatic carbocycles. The van der Waals surface area contributed by atoms with E-state index >= 15 is 0 Å². The first kappa shape index (κ1) is 12.0. The second kappa shape index (κ2) is 9.08. The van der Waals surface area contributed by atoms with Crippen LogP contribution in [0.25, 0.3) is 0 Å². The molecule has 1 amide bonds. The molecule has 3 nitrogen and oxygen atoms in total. The maximum absolute atomic E-state index is 11.0. The molecule has 1 N–H and O–H groups in total. The van der Waals surface area contributed by atoms with Gasteiger partial charge in [-0.1, -0.05) is 6.92 Å². The van der Waals surface area contributed by atoms with Gasteiger partial charge >= 0.3 is 0 Å². The topological polar surface area (TPSA) is 38.3 Å². The van der Waals surface area contributed by atoms with Crippen LogP contribution in [0.1, 0.15) is 26.2 Å². The van der Waals surface area contributed by atoms with E-state index in [9.17, 15) is 4.79 Å². The van der Waals surface area contributed by atoms with E-state index in [2.05, 4.69) is 11.2 Å². The second-order valence-electron chi connectivity index (χ2n) is 2.67. The summed E-state index contributed by atoms with van der Waals surface area (Å²) in [6, 6.07) is 0. The van der Waals surface area contributed by atoms with Crippen molar-refractivity contribution in [2.24, 2.45) is 0 Å². The van der Waals surface area contributed by atoms with Gasteiger partial charge in [0.05, 0.1) is 6.61 Å². The molecule has 0 radical (unpaired) electrons. The molecule has 0 rings (SSSR count). The SMILES string of the molecule is C#CCCC(=O)NCCOCCC. The van der Waals surface area contributed by atoms with E-state index in [4.69, 9.17) is 11.2 Å². The summed E-state index contributed by atoms with van der Waals surface area (Å²) in [4.78, 5) is 11.0. The van der Waals surface area contributed by atoms with Crippen molar-refractivity contribution in [2.45, 2.75) is 26.2 Å². The Morgan fingerprint density at radius 3 is 2.92 bits per heavy atom. The van der Waals surface area contributed by atoms with Crippen molar-refractivity contribution < 1.29 is 9.53 Å². The summed E-state index contributed by atoms with van der Waals surface area (Å²) < 4.78 is 5.18. The Labute approximate surface area is 79.8 Å². The van der Waals surface area contributed by atoms with Gasteiger partial charge < -0.3 is 10.1 Å². The molecule has 0 fully saturated rings. The minimum absolute atomic E-state index is 0.00181. The second-order valence-corrected chi connectivity index (χ2v) is 2.67. The molecule has 0 unspecified atom stereocenters. The van der Waals surface area contributed by atoms with Crippen molar-refractivity contribution in [2.75, 3.05) is 19.8 Å². The number of hydrogen-bond acceptors (Lipinski definition) is 2. The van der Waals surface area contributed by atoms with E-state index in [0.29, 0.717) is 26.0 Å². The Morgan fingerprint density at radius 1 is 1.54 bits per heavy atom. The summed E-state index contributed by atoms with van der Waals surface area (Å²) in [5.74, 6) is 2.42. The van der Waals surface area contributed by atoms with E-state index in [1.54, 1.807) is 0 Å². The largest absolute Gasteiger partial charge is 0.380 e. The molecule has 0 aromatic rings. The van der Waals surface area contributed by atoms with Crippen molar-refractivity contribution in [1.29, 1.82) is 0 Å². The zero-order valence-electron chi connectivity index (χ0n) is 8.14. The van der Waals surface area contributed by atoms with Crippen LogP contribution in [0.4, 0.5) is 0 Å². The van der Waals surface area contributed by atoms with Gasteiger partial charge in [0.2, 0.25) is 5.91 Å². The van der Waals surface area contributed by atoms with Gasteiger partial charge in [-0.25, -0.2) is 0 Å². The van der Waals surface area contributed by atoms with Crippen molar-refractivity contribution in [3.05, 3.63) is 0 Å². The summed E-state index contributed by atoms with van der Waals surface area (Å²) in [6.45, 7) is 3.95. The van der Waals surface area contributed by atoms with Gasteiger partial charge in [0.25, 0.3) is 0 Å². The number of nitrogens with one attached hydrogen (secondary N) is 1. The number of rotatable bonds is 7. The van der Waals surface area contributed by atoms with E-state index in [-0.39, 0.29) is 5.91 Å². The predicted octanol–water partition coefficient (Wildman–Crippen LogP) is 0.943. The molecule has 0 bridgehead atoms. The van der Waals surface area contributed by atoms with Crippen LogP contribution in [0.15, 0.2) is 0 Å². The van der Waals surface area contributed by atoms with Gasteiger partial charge in [-0.3, -0.25) is 4.79 Å². The van der Waals surface area contributed by atoms with Gasteiger partial charge in [-0.2, -0.15) is 0 Å². The van der Waals surface area contributed by atoms with Gasteiger partial charge in [0.1, 0.15) is 0 Å². The average molecular weight is 183 g/mol. The summed E-state index contributed by atoms with van der Waals surface area (Å²) in [5, 5.41) is 2.72. The highest BCUT2D eigenvalue weighted by molar-refractivity contribution is 5.76. The molecule has 0 atom stereocenters. The maximum Gasteiger partial charge on any atom is 0.221 e. The number of ether oxygens (including phenoxy) is 1. The first-order chi connectivity index (χ1) is 6.31. The van der Waals surface area contributed by atoms with Crippen LogP contribution in [-0.2, 0) is 9.53 Å². The predicted molar refractivity (Wildman–Crippen MR) is 52.2 cm³/mol. The molecule has 0 aliphatic heterocycles. The van der Waals surface area contributed by atoms with E-state index < -0.39 is 0 Å². The number of hydrogen-bond donors (Lipinski definition) is 1. The quantitative estimate of drug-likeness (QED) is 0.471. The highest BCUT2D eigenvalue weighted by atomic mass is 16.5. The third-order valence-corrected chi connectivity index (χ3v) is 1.41. The molecule has 0 saturated heterocycles. The minimum atomic E-state index is -0.00181. The Morgan fingerprint density at radius 2 is 2.31 bits per heavy atom. The van der Waals surface area contributed by atoms with E-state index in [1.807, 2.05) is 6.92 Å². The highest BCUT2D eigenvalue weighted by Crippen LogP contribution is 1.85. The number of amides is 1. The molecular formula is C10H17NO2. The fraction of sp³-hybridized carbons (Fsp3) is 0.700. The number of carbonyl (C=O) groups excluding carboxylic acids is 1. The maximum atomic E-state index is 11.0. The van der Waals surface area contributed by atoms with E-state index in [1.165, 1.54) is 0 Å². The van der Waals surface area contributed by atoms with Crippen LogP contribution in [0.2, 0.25) is 0 Å². The molecule has 0 aromatic heterocycles. The van der Waals surface area contributed by atoms with Crippen molar-refractivity contribution >= 4 is 5.91 Å². The molecule has 74 valence electrons. The lowest BCUT2D eigenvalue weighted by Crippen LogP contribution is -2.26. The van der Waals surface area contributed by atoms with Crippen LogP contribution in [0, 0.1) is 12.3 Å². The highest BCUT2D eigenvalue weighted by Gasteiger charge is 1.97. The van der Waals surface area contributed by atoms with Gasteiger partial charge in [0, 0.05) is 26.0 Å². The van der Waals surface area contributed by atoms with Crippen molar-refractivity contribution in [3.63, 3.8) is 0 Å². The fourth-order valence-electron chi connectivity index (χ4n) is 0.783. The first-order valence-electron chi connectivity index (χ1n) is 4.59. The third kappa shape index (κ3) is 8.90. The summed E-state index contributed by atoms with van der Waals surface area (Å²) in [6.07, 6.45) is 6.93. The van der Waals surface area contributed by atoms with Crippen LogP contribution in [-0.4, -0.2) is 25.7 Å². The summed E-state index contributed by atoms with van der Waals surface area (Å²) in [7, 11) is 0. The molecular weight excluding hydrogens is 166 g/mol. The van der Waals surface area contributed by atoms with Gasteiger partial charge in [0.15, 0.2) is 0 Å². The normalized spacial score (nSPS) is 9.23.